The number of aryl methyl sites for hydroxylation is 6. The highest BCUT2D eigenvalue weighted by molar-refractivity contribution is 6.35. The van der Waals surface area contributed by atoms with Crippen molar-refractivity contribution in [2.75, 3.05) is 18.1 Å². The molecule has 52 heavy (non-hydrogen) atoms. The van der Waals surface area contributed by atoms with E-state index < -0.39 is 0 Å². The van der Waals surface area contributed by atoms with Gasteiger partial charge in [0, 0.05) is 65.5 Å². The summed E-state index contributed by atoms with van der Waals surface area (Å²) in [5.74, 6) is 0.742. The van der Waals surface area contributed by atoms with E-state index in [1.54, 1.807) is 10.9 Å². The Labute approximate surface area is 312 Å². The van der Waals surface area contributed by atoms with Gasteiger partial charge in [0.1, 0.15) is 11.4 Å². The lowest BCUT2D eigenvalue weighted by atomic mass is 9.98. The average molecular weight is 736 g/mol. The predicted octanol–water partition coefficient (Wildman–Crippen LogP) is 8.89. The minimum atomic E-state index is -0.0662. The molecule has 1 aliphatic heterocycles. The molecule has 0 N–H and O–H groups in total. The van der Waals surface area contributed by atoms with Crippen LogP contribution in [0.3, 0.4) is 0 Å². The van der Waals surface area contributed by atoms with Crippen molar-refractivity contribution in [3.63, 3.8) is 0 Å². The Morgan fingerprint density at radius 1 is 0.962 bits per heavy atom. The summed E-state index contributed by atoms with van der Waals surface area (Å²) in [5, 5.41) is 16.3. The minimum Gasteiger partial charge on any atom is -0.494 e. The molecule has 0 saturated heterocycles. The maximum Gasteiger partial charge on any atom is 0.275 e. The van der Waals surface area contributed by atoms with Gasteiger partial charge in [-0.1, -0.05) is 34.5 Å². The SMILES string of the molecule is Cc1cc(OCCCc2c3n(c4c(-c5c(C)nn(C)c5C)c(Cl)ccc24)C(C)CN(c2cn(C)c4ccc(-n5ccnn5)cc24)C3=O)cc(C)c1Cl. The Balaban J connectivity index is 1.26. The van der Waals surface area contributed by atoms with Crippen LogP contribution in [0.2, 0.25) is 10.0 Å². The van der Waals surface area contributed by atoms with Crippen LogP contribution in [0, 0.1) is 27.7 Å². The summed E-state index contributed by atoms with van der Waals surface area (Å²) in [5.41, 5.74) is 11.2. The van der Waals surface area contributed by atoms with Gasteiger partial charge in [-0.15, -0.1) is 5.10 Å². The van der Waals surface area contributed by atoms with E-state index in [1.807, 2.05) is 81.1 Å². The van der Waals surface area contributed by atoms with Crippen molar-refractivity contribution in [3.05, 3.63) is 105 Å². The molecule has 1 aliphatic rings. The first kappa shape index (κ1) is 34.0. The second kappa shape index (κ2) is 12.9. The number of hydrogen-bond acceptors (Lipinski definition) is 5. The highest BCUT2D eigenvalue weighted by Crippen LogP contribution is 2.46. The standard InChI is InChI=1S/C40H40Cl2N8O2/c1-22-17-28(18-23(2)37(22)42)52-16-8-9-29-30-11-12-32(41)36(35-25(4)44-47(7)26(35)5)38(30)50-24(3)20-48(40(51)39(29)50)34-21-46(6)33-13-10-27(19-31(33)34)49-15-14-43-45-49/h10-15,17-19,21,24H,8-9,16,20H2,1-7H3. The number of anilines is 1. The Hall–Kier alpha value is -5.06. The summed E-state index contributed by atoms with van der Waals surface area (Å²) in [6.07, 6.45) is 6.86. The van der Waals surface area contributed by atoms with Crippen LogP contribution < -0.4 is 9.64 Å². The third-order valence-electron chi connectivity index (χ3n) is 10.5. The third-order valence-corrected chi connectivity index (χ3v) is 11.4. The van der Waals surface area contributed by atoms with Gasteiger partial charge in [0.15, 0.2) is 0 Å². The van der Waals surface area contributed by atoms with E-state index in [9.17, 15) is 0 Å². The molecule has 3 aromatic carbocycles. The molecule has 1 atom stereocenters. The molecule has 0 fully saturated rings. The fourth-order valence-electron chi connectivity index (χ4n) is 8.00. The van der Waals surface area contributed by atoms with Crippen LogP contribution in [-0.4, -0.2) is 53.0 Å². The van der Waals surface area contributed by atoms with Crippen LogP contribution >= 0.6 is 23.2 Å². The van der Waals surface area contributed by atoms with Crippen LogP contribution in [0.15, 0.2) is 61.1 Å². The van der Waals surface area contributed by atoms with Gasteiger partial charge in [-0.2, -0.15) is 5.10 Å². The molecule has 0 radical (unpaired) electrons. The summed E-state index contributed by atoms with van der Waals surface area (Å²) in [6, 6.07) is 14.1. The monoisotopic (exact) mass is 734 g/mol. The first-order valence-electron chi connectivity index (χ1n) is 17.5. The first-order chi connectivity index (χ1) is 24.9. The zero-order chi connectivity index (χ0) is 36.6. The molecule has 0 bridgehead atoms. The van der Waals surface area contributed by atoms with E-state index in [4.69, 9.17) is 33.0 Å². The van der Waals surface area contributed by atoms with Gasteiger partial charge in [0.2, 0.25) is 0 Å². The third kappa shape index (κ3) is 5.38. The van der Waals surface area contributed by atoms with Gasteiger partial charge < -0.3 is 18.8 Å². The Morgan fingerprint density at radius 2 is 1.73 bits per heavy atom. The smallest absolute Gasteiger partial charge is 0.275 e. The van der Waals surface area contributed by atoms with E-state index in [0.717, 1.165) is 83.2 Å². The van der Waals surface area contributed by atoms with E-state index in [2.05, 4.69) is 51.5 Å². The number of nitrogens with zero attached hydrogens (tertiary/aromatic N) is 8. The summed E-state index contributed by atoms with van der Waals surface area (Å²) in [4.78, 5) is 17.1. The van der Waals surface area contributed by atoms with Crippen LogP contribution in [0.1, 0.15) is 58.0 Å². The number of ether oxygens (including phenoxy) is 1. The summed E-state index contributed by atoms with van der Waals surface area (Å²) >= 11 is 13.5. The van der Waals surface area contributed by atoms with E-state index in [-0.39, 0.29) is 11.9 Å². The molecule has 266 valence electrons. The van der Waals surface area contributed by atoms with E-state index >= 15 is 4.79 Å². The van der Waals surface area contributed by atoms with Gasteiger partial charge >= 0.3 is 0 Å². The second-order valence-corrected chi connectivity index (χ2v) is 14.7. The van der Waals surface area contributed by atoms with Crippen LogP contribution in [0.4, 0.5) is 5.69 Å². The largest absolute Gasteiger partial charge is 0.494 e. The molecule has 10 nitrogen and oxygen atoms in total. The normalized spacial score (nSPS) is 14.6. The van der Waals surface area contributed by atoms with Crippen molar-refractivity contribution in [1.29, 1.82) is 0 Å². The lowest BCUT2D eigenvalue weighted by Gasteiger charge is -2.34. The maximum atomic E-state index is 15.1. The maximum absolute atomic E-state index is 15.1. The summed E-state index contributed by atoms with van der Waals surface area (Å²) in [6.45, 7) is 11.2. The number of amides is 1. The first-order valence-corrected chi connectivity index (χ1v) is 18.2. The van der Waals surface area contributed by atoms with Crippen molar-refractivity contribution in [1.82, 2.24) is 33.9 Å². The lowest BCUT2D eigenvalue weighted by Crippen LogP contribution is -2.42. The van der Waals surface area contributed by atoms with Crippen molar-refractivity contribution >= 4 is 56.6 Å². The van der Waals surface area contributed by atoms with Crippen molar-refractivity contribution in [3.8, 4) is 22.6 Å². The van der Waals surface area contributed by atoms with Crippen LogP contribution in [0.5, 0.6) is 5.75 Å². The molecule has 0 spiro atoms. The molecule has 7 aromatic rings. The lowest BCUT2D eigenvalue weighted by molar-refractivity contribution is 0.0957. The molecule has 0 saturated carbocycles. The molecular weight excluding hydrogens is 695 g/mol. The number of hydrogen-bond donors (Lipinski definition) is 0. The molecule has 0 aliphatic carbocycles. The molecule has 12 heteroatoms. The molecule has 5 heterocycles. The number of carbonyl (C=O) groups excluding carboxylic acids is 1. The second-order valence-electron chi connectivity index (χ2n) is 13.9. The molecule has 4 aromatic heterocycles. The number of fused-ring (bicyclic) bond motifs is 4. The number of halogens is 2. The molecule has 1 amide bonds. The van der Waals surface area contributed by atoms with Crippen LogP contribution in [0.25, 0.3) is 38.6 Å². The Morgan fingerprint density at radius 3 is 2.42 bits per heavy atom. The number of aromatic nitrogens is 7. The van der Waals surface area contributed by atoms with Gasteiger partial charge in [0.05, 0.1) is 52.1 Å². The van der Waals surface area contributed by atoms with Gasteiger partial charge in [-0.25, -0.2) is 4.68 Å². The predicted molar refractivity (Wildman–Crippen MR) is 208 cm³/mol. The Kier molecular flexibility index (Phi) is 8.42. The molecule has 8 rings (SSSR count). The van der Waals surface area contributed by atoms with Crippen molar-refractivity contribution in [2.45, 2.75) is 53.5 Å². The van der Waals surface area contributed by atoms with E-state index in [1.165, 1.54) is 0 Å². The average Bonchev–Trinajstić information content (AvgIpc) is 3.89. The zero-order valence-electron chi connectivity index (χ0n) is 30.3. The molecule has 1 unspecified atom stereocenters. The van der Waals surface area contributed by atoms with Gasteiger partial charge in [0.25, 0.3) is 5.91 Å². The van der Waals surface area contributed by atoms with Gasteiger partial charge in [-0.05, 0) is 101 Å². The van der Waals surface area contributed by atoms with Gasteiger partial charge in [-0.3, -0.25) is 9.48 Å². The fourth-order valence-corrected chi connectivity index (χ4v) is 8.36. The number of rotatable bonds is 8. The number of carbonyl (C=O) groups is 1. The fraction of sp³-hybridized carbons (Fsp3) is 0.300. The van der Waals surface area contributed by atoms with Crippen molar-refractivity contribution < 1.29 is 9.53 Å². The summed E-state index contributed by atoms with van der Waals surface area (Å²) < 4.78 is 14.2. The van der Waals surface area contributed by atoms with Crippen LogP contribution in [-0.2, 0) is 20.5 Å². The Bertz CT molecular complexity index is 2520. The molecular formula is C40H40Cl2N8O2. The van der Waals surface area contributed by atoms with E-state index in [0.29, 0.717) is 36.7 Å². The topological polar surface area (TPSA) is 87.9 Å². The minimum absolute atomic E-state index is 0.0467. The highest BCUT2D eigenvalue weighted by Gasteiger charge is 2.37. The quantitative estimate of drug-likeness (QED) is 0.146. The van der Waals surface area contributed by atoms with Crippen molar-refractivity contribution in [2.24, 2.45) is 14.1 Å². The number of benzene rings is 3. The zero-order valence-corrected chi connectivity index (χ0v) is 31.8. The highest BCUT2D eigenvalue weighted by atomic mass is 35.5. The summed E-state index contributed by atoms with van der Waals surface area (Å²) in [7, 11) is 3.96.